The van der Waals surface area contributed by atoms with E-state index in [0.29, 0.717) is 25.4 Å². The lowest BCUT2D eigenvalue weighted by Gasteiger charge is -2.47. The quantitative estimate of drug-likeness (QED) is 0.900. The Balaban J connectivity index is 2.21. The van der Waals surface area contributed by atoms with Gasteiger partial charge in [-0.05, 0) is 38.1 Å². The first kappa shape index (κ1) is 15.9. The second-order valence-corrected chi connectivity index (χ2v) is 9.22. The molecular formula is C14H24N2O2S2. The molecule has 1 aromatic heterocycles. The third-order valence-corrected chi connectivity index (χ3v) is 6.79. The van der Waals surface area contributed by atoms with E-state index in [1.54, 1.807) is 11.3 Å². The summed E-state index contributed by atoms with van der Waals surface area (Å²) in [5, 5.41) is 2.08. The van der Waals surface area contributed by atoms with Crippen LogP contribution in [0.4, 0.5) is 0 Å². The SMILES string of the molecule is CC(C)N(Cc1cccs1)C1(CN)CCS(=O)(=O)CC1. The van der Waals surface area contributed by atoms with Gasteiger partial charge in [0, 0.05) is 29.5 Å². The molecule has 0 bridgehead atoms. The van der Waals surface area contributed by atoms with Gasteiger partial charge in [-0.1, -0.05) is 6.07 Å². The van der Waals surface area contributed by atoms with Crippen LogP contribution in [0.3, 0.4) is 0 Å². The van der Waals surface area contributed by atoms with Crippen LogP contribution in [0.5, 0.6) is 0 Å². The van der Waals surface area contributed by atoms with Crippen LogP contribution in [0.25, 0.3) is 0 Å². The summed E-state index contributed by atoms with van der Waals surface area (Å²) >= 11 is 1.74. The normalized spacial score (nSPS) is 21.4. The molecule has 0 amide bonds. The zero-order valence-electron chi connectivity index (χ0n) is 12.2. The van der Waals surface area contributed by atoms with Crippen molar-refractivity contribution in [1.82, 2.24) is 4.90 Å². The monoisotopic (exact) mass is 316 g/mol. The lowest BCUT2D eigenvalue weighted by atomic mass is 9.88. The molecule has 2 rings (SSSR count). The van der Waals surface area contributed by atoms with Gasteiger partial charge in [0.05, 0.1) is 11.5 Å². The number of thiophene rings is 1. The average molecular weight is 316 g/mol. The van der Waals surface area contributed by atoms with Crippen LogP contribution in [-0.4, -0.2) is 42.9 Å². The summed E-state index contributed by atoms with van der Waals surface area (Å²) in [6, 6.07) is 4.53. The summed E-state index contributed by atoms with van der Waals surface area (Å²) in [5.74, 6) is 0.524. The lowest BCUT2D eigenvalue weighted by molar-refractivity contribution is 0.0450. The van der Waals surface area contributed by atoms with E-state index in [1.807, 2.05) is 0 Å². The van der Waals surface area contributed by atoms with Gasteiger partial charge < -0.3 is 5.73 Å². The Kier molecular flexibility index (Phi) is 4.89. The minimum Gasteiger partial charge on any atom is -0.329 e. The van der Waals surface area contributed by atoms with Crippen LogP contribution in [-0.2, 0) is 16.4 Å². The summed E-state index contributed by atoms with van der Waals surface area (Å²) in [6.07, 6.45) is 1.30. The van der Waals surface area contributed by atoms with Gasteiger partial charge in [-0.3, -0.25) is 4.90 Å². The zero-order valence-corrected chi connectivity index (χ0v) is 13.8. The predicted octanol–water partition coefficient (Wildman–Crippen LogP) is 1.86. The van der Waals surface area contributed by atoms with Crippen molar-refractivity contribution in [3.63, 3.8) is 0 Å². The highest BCUT2D eigenvalue weighted by atomic mass is 32.2. The zero-order chi connectivity index (χ0) is 14.8. The van der Waals surface area contributed by atoms with Crippen LogP contribution in [0.15, 0.2) is 17.5 Å². The standard InChI is InChI=1S/C14H24N2O2S2/c1-12(2)16(10-13-4-3-7-19-13)14(11-15)5-8-20(17,18)9-6-14/h3-4,7,12H,5-6,8-11,15H2,1-2H3. The van der Waals surface area contributed by atoms with Gasteiger partial charge in [0.2, 0.25) is 0 Å². The van der Waals surface area contributed by atoms with Crippen molar-refractivity contribution in [3.05, 3.63) is 22.4 Å². The molecule has 1 saturated heterocycles. The van der Waals surface area contributed by atoms with Gasteiger partial charge >= 0.3 is 0 Å². The molecule has 0 unspecified atom stereocenters. The Hall–Kier alpha value is -0.430. The van der Waals surface area contributed by atoms with Gasteiger partial charge in [-0.25, -0.2) is 8.42 Å². The summed E-state index contributed by atoms with van der Waals surface area (Å²) in [4.78, 5) is 3.70. The Labute approximate surface area is 125 Å². The van der Waals surface area contributed by atoms with Crippen LogP contribution in [0.1, 0.15) is 31.6 Å². The molecule has 6 heteroatoms. The van der Waals surface area contributed by atoms with Crippen molar-refractivity contribution in [1.29, 1.82) is 0 Å². The highest BCUT2D eigenvalue weighted by molar-refractivity contribution is 7.91. The lowest BCUT2D eigenvalue weighted by Crippen LogP contribution is -2.59. The second kappa shape index (κ2) is 6.13. The fourth-order valence-corrected chi connectivity index (χ4v) is 5.28. The van der Waals surface area contributed by atoms with E-state index in [2.05, 4.69) is 36.3 Å². The Morgan fingerprint density at radius 1 is 1.40 bits per heavy atom. The van der Waals surface area contributed by atoms with E-state index in [-0.39, 0.29) is 17.0 Å². The van der Waals surface area contributed by atoms with Crippen LogP contribution < -0.4 is 5.73 Å². The Morgan fingerprint density at radius 3 is 2.50 bits per heavy atom. The molecule has 0 spiro atoms. The summed E-state index contributed by atoms with van der Waals surface area (Å²) in [7, 11) is -2.86. The summed E-state index contributed by atoms with van der Waals surface area (Å²) < 4.78 is 23.4. The molecule has 0 aliphatic carbocycles. The molecule has 0 saturated carbocycles. The minimum absolute atomic E-state index is 0.177. The first-order valence-electron chi connectivity index (χ1n) is 7.08. The molecule has 0 aromatic carbocycles. The van der Waals surface area contributed by atoms with Crippen molar-refractivity contribution in [2.45, 2.75) is 44.8 Å². The smallest absolute Gasteiger partial charge is 0.150 e. The van der Waals surface area contributed by atoms with Crippen molar-refractivity contribution < 1.29 is 8.42 Å². The van der Waals surface area contributed by atoms with E-state index in [4.69, 9.17) is 5.73 Å². The van der Waals surface area contributed by atoms with Crippen molar-refractivity contribution in [2.24, 2.45) is 5.73 Å². The van der Waals surface area contributed by atoms with Crippen LogP contribution in [0.2, 0.25) is 0 Å². The van der Waals surface area contributed by atoms with Crippen LogP contribution >= 0.6 is 11.3 Å². The number of hydrogen-bond acceptors (Lipinski definition) is 5. The van der Waals surface area contributed by atoms with E-state index in [1.165, 1.54) is 4.88 Å². The third kappa shape index (κ3) is 3.42. The summed E-state index contributed by atoms with van der Waals surface area (Å²) in [5.41, 5.74) is 5.88. The van der Waals surface area contributed by atoms with Crippen LogP contribution in [0, 0.1) is 0 Å². The number of hydrogen-bond donors (Lipinski definition) is 1. The third-order valence-electron chi connectivity index (χ3n) is 4.28. The van der Waals surface area contributed by atoms with E-state index < -0.39 is 9.84 Å². The second-order valence-electron chi connectivity index (χ2n) is 5.88. The number of sulfone groups is 1. The number of rotatable bonds is 5. The average Bonchev–Trinajstić information content (AvgIpc) is 2.90. The highest BCUT2D eigenvalue weighted by Crippen LogP contribution is 2.33. The maximum Gasteiger partial charge on any atom is 0.150 e. The fraction of sp³-hybridized carbons (Fsp3) is 0.714. The predicted molar refractivity (Wildman–Crippen MR) is 84.7 cm³/mol. The van der Waals surface area contributed by atoms with Gasteiger partial charge in [-0.15, -0.1) is 11.3 Å². The highest BCUT2D eigenvalue weighted by Gasteiger charge is 2.42. The number of nitrogens with zero attached hydrogens (tertiary/aromatic N) is 1. The van der Waals surface area contributed by atoms with E-state index in [0.717, 1.165) is 6.54 Å². The molecule has 2 heterocycles. The molecule has 1 fully saturated rings. The van der Waals surface area contributed by atoms with Crippen molar-refractivity contribution >= 4 is 21.2 Å². The molecule has 1 aliphatic heterocycles. The summed E-state index contributed by atoms with van der Waals surface area (Å²) in [6.45, 7) is 5.70. The molecule has 2 N–H and O–H groups in total. The topological polar surface area (TPSA) is 63.4 Å². The molecular weight excluding hydrogens is 292 g/mol. The number of nitrogens with two attached hydrogens (primary N) is 1. The fourth-order valence-electron chi connectivity index (χ4n) is 3.00. The van der Waals surface area contributed by atoms with E-state index >= 15 is 0 Å². The van der Waals surface area contributed by atoms with Gasteiger partial charge in [-0.2, -0.15) is 0 Å². The Morgan fingerprint density at radius 2 is 2.05 bits per heavy atom. The maximum atomic E-state index is 11.7. The molecule has 20 heavy (non-hydrogen) atoms. The van der Waals surface area contributed by atoms with Crippen molar-refractivity contribution in [3.8, 4) is 0 Å². The van der Waals surface area contributed by atoms with Gasteiger partial charge in [0.25, 0.3) is 0 Å². The molecule has 114 valence electrons. The molecule has 1 aromatic rings. The minimum atomic E-state index is -2.86. The Bertz CT molecular complexity index is 509. The molecule has 0 atom stereocenters. The molecule has 4 nitrogen and oxygen atoms in total. The molecule has 1 aliphatic rings. The van der Waals surface area contributed by atoms with E-state index in [9.17, 15) is 8.42 Å². The molecule has 0 radical (unpaired) electrons. The van der Waals surface area contributed by atoms with Gasteiger partial charge in [0.1, 0.15) is 9.84 Å². The first-order chi connectivity index (χ1) is 9.38. The van der Waals surface area contributed by atoms with Gasteiger partial charge in [0.15, 0.2) is 0 Å². The largest absolute Gasteiger partial charge is 0.329 e. The first-order valence-corrected chi connectivity index (χ1v) is 9.78. The maximum absolute atomic E-state index is 11.7. The van der Waals surface area contributed by atoms with Crippen molar-refractivity contribution in [2.75, 3.05) is 18.1 Å².